The number of pyridine rings is 1. The summed E-state index contributed by atoms with van der Waals surface area (Å²) in [5.41, 5.74) is 3.79. The first kappa shape index (κ1) is 21.2. The van der Waals surface area contributed by atoms with E-state index >= 15 is 0 Å². The Bertz CT molecular complexity index is 1310. The summed E-state index contributed by atoms with van der Waals surface area (Å²) in [4.78, 5) is 6.40. The van der Waals surface area contributed by atoms with Crippen molar-refractivity contribution in [2.45, 2.75) is 4.90 Å². The summed E-state index contributed by atoms with van der Waals surface area (Å²) in [5.74, 6) is 0.747. The monoisotopic (exact) mass is 457 g/mol. The van der Waals surface area contributed by atoms with Crippen molar-refractivity contribution in [3.8, 4) is 22.4 Å². The molecule has 0 unspecified atom stereocenters. The van der Waals surface area contributed by atoms with Gasteiger partial charge in [-0.1, -0.05) is 42.5 Å². The van der Waals surface area contributed by atoms with Gasteiger partial charge in [0.2, 0.25) is 10.0 Å². The molecule has 2 aromatic heterocycles. The predicted molar refractivity (Wildman–Crippen MR) is 128 cm³/mol. The van der Waals surface area contributed by atoms with Crippen molar-refractivity contribution in [1.82, 2.24) is 19.5 Å². The molecule has 7 nitrogen and oxygen atoms in total. The molecule has 0 saturated carbocycles. The van der Waals surface area contributed by atoms with Crippen LogP contribution < -0.4 is 4.90 Å². The van der Waals surface area contributed by atoms with E-state index in [2.05, 4.69) is 20.1 Å². The number of hydrogen-bond acceptors (Lipinski definition) is 6. The van der Waals surface area contributed by atoms with E-state index in [4.69, 9.17) is 0 Å². The van der Waals surface area contributed by atoms with Gasteiger partial charge in [-0.2, -0.15) is 4.31 Å². The third-order valence-corrected chi connectivity index (χ3v) is 7.70. The van der Waals surface area contributed by atoms with Gasteiger partial charge in [-0.25, -0.2) is 8.42 Å². The average molecular weight is 458 g/mol. The maximum Gasteiger partial charge on any atom is 0.243 e. The van der Waals surface area contributed by atoms with Gasteiger partial charge in [0.05, 0.1) is 10.6 Å². The SMILES string of the molecule is O=S(=O)(c1ccc(-c2ccccc2)cc1)N1CCN(c2ccc(-c3ccncc3)nn2)CC1. The molecular formula is C25H23N5O2S. The van der Waals surface area contributed by atoms with Gasteiger partial charge in [-0.3, -0.25) is 4.98 Å². The Labute approximate surface area is 193 Å². The minimum Gasteiger partial charge on any atom is -0.352 e. The second-order valence-corrected chi connectivity index (χ2v) is 9.73. The van der Waals surface area contributed by atoms with Crippen LogP contribution in [-0.4, -0.2) is 54.1 Å². The summed E-state index contributed by atoms with van der Waals surface area (Å²) in [7, 11) is -3.54. The Morgan fingerprint density at radius 1 is 0.636 bits per heavy atom. The van der Waals surface area contributed by atoms with Crippen LogP contribution >= 0.6 is 0 Å². The molecule has 8 heteroatoms. The van der Waals surface area contributed by atoms with Gasteiger partial charge in [0.25, 0.3) is 0 Å². The zero-order valence-corrected chi connectivity index (χ0v) is 18.8. The van der Waals surface area contributed by atoms with Crippen molar-refractivity contribution in [3.05, 3.63) is 91.3 Å². The first-order valence-corrected chi connectivity index (χ1v) is 12.2. The number of piperazine rings is 1. The standard InChI is InChI=1S/C25H23N5O2S/c31-33(32,23-8-6-21(7-9-23)20-4-2-1-3-5-20)30-18-16-29(17-19-30)25-11-10-24(27-28-25)22-12-14-26-15-13-22/h1-15H,16-19H2. The van der Waals surface area contributed by atoms with Crippen LogP contribution in [0.4, 0.5) is 5.82 Å². The Morgan fingerprint density at radius 3 is 1.94 bits per heavy atom. The highest BCUT2D eigenvalue weighted by atomic mass is 32.2. The number of nitrogens with zero attached hydrogens (tertiary/aromatic N) is 5. The fourth-order valence-electron chi connectivity index (χ4n) is 3.93. The zero-order valence-electron chi connectivity index (χ0n) is 17.9. The maximum absolute atomic E-state index is 13.2. The van der Waals surface area contributed by atoms with Crippen LogP contribution in [0.1, 0.15) is 0 Å². The summed E-state index contributed by atoms with van der Waals surface area (Å²) < 4.78 is 27.8. The lowest BCUT2D eigenvalue weighted by molar-refractivity contribution is 0.383. The van der Waals surface area contributed by atoms with E-state index in [0.29, 0.717) is 31.1 Å². The summed E-state index contributed by atoms with van der Waals surface area (Å²) in [6.45, 7) is 1.92. The van der Waals surface area contributed by atoms with Crippen LogP contribution in [0.25, 0.3) is 22.4 Å². The van der Waals surface area contributed by atoms with Crippen molar-refractivity contribution in [1.29, 1.82) is 0 Å². The molecule has 0 N–H and O–H groups in total. The normalized spacial score (nSPS) is 14.8. The molecule has 5 rings (SSSR count). The second-order valence-electron chi connectivity index (χ2n) is 7.79. The molecule has 33 heavy (non-hydrogen) atoms. The molecule has 1 saturated heterocycles. The van der Waals surface area contributed by atoms with E-state index in [1.54, 1.807) is 28.8 Å². The third-order valence-electron chi connectivity index (χ3n) is 5.79. The zero-order chi connectivity index (χ0) is 22.7. The first-order chi connectivity index (χ1) is 16.1. The van der Waals surface area contributed by atoms with Gasteiger partial charge in [0.15, 0.2) is 5.82 Å². The van der Waals surface area contributed by atoms with Crippen molar-refractivity contribution in [3.63, 3.8) is 0 Å². The van der Waals surface area contributed by atoms with E-state index in [1.165, 1.54) is 0 Å². The van der Waals surface area contributed by atoms with Gasteiger partial charge in [0.1, 0.15) is 0 Å². The Balaban J connectivity index is 1.25. The summed E-state index contributed by atoms with van der Waals surface area (Å²) in [5, 5.41) is 8.67. The fourth-order valence-corrected chi connectivity index (χ4v) is 5.35. The van der Waals surface area contributed by atoms with Crippen LogP contribution in [0, 0.1) is 0 Å². The molecule has 0 bridgehead atoms. The summed E-state index contributed by atoms with van der Waals surface area (Å²) in [6.07, 6.45) is 3.44. The molecule has 4 aromatic rings. The lowest BCUT2D eigenvalue weighted by Crippen LogP contribution is -2.48. The van der Waals surface area contributed by atoms with Crippen molar-refractivity contribution < 1.29 is 8.42 Å². The Kier molecular flexibility index (Phi) is 5.85. The third kappa shape index (κ3) is 4.48. The van der Waals surface area contributed by atoms with Crippen molar-refractivity contribution >= 4 is 15.8 Å². The molecule has 1 aliphatic rings. The molecule has 0 aliphatic carbocycles. The van der Waals surface area contributed by atoms with Gasteiger partial charge in [0, 0.05) is 44.1 Å². The fraction of sp³-hybridized carbons (Fsp3) is 0.160. The number of aromatic nitrogens is 3. The minimum atomic E-state index is -3.54. The topological polar surface area (TPSA) is 79.3 Å². The lowest BCUT2D eigenvalue weighted by atomic mass is 10.1. The molecular weight excluding hydrogens is 434 g/mol. The van der Waals surface area contributed by atoms with Gasteiger partial charge < -0.3 is 4.90 Å². The Hall–Kier alpha value is -3.62. The molecule has 2 aromatic carbocycles. The molecule has 3 heterocycles. The largest absolute Gasteiger partial charge is 0.352 e. The molecule has 0 atom stereocenters. The summed E-state index contributed by atoms with van der Waals surface area (Å²) >= 11 is 0. The number of hydrogen-bond donors (Lipinski definition) is 0. The Morgan fingerprint density at radius 2 is 1.30 bits per heavy atom. The number of rotatable bonds is 5. The number of sulfonamides is 1. The molecule has 0 radical (unpaired) electrons. The second kappa shape index (κ2) is 9.09. The maximum atomic E-state index is 13.2. The van der Waals surface area contributed by atoms with Gasteiger partial charge >= 0.3 is 0 Å². The van der Waals surface area contributed by atoms with Crippen LogP contribution in [0.3, 0.4) is 0 Å². The van der Waals surface area contributed by atoms with Crippen LogP contribution in [-0.2, 0) is 10.0 Å². The van der Waals surface area contributed by atoms with Crippen molar-refractivity contribution in [2.24, 2.45) is 0 Å². The van der Waals surface area contributed by atoms with Gasteiger partial charge in [-0.05, 0) is 47.5 Å². The molecule has 0 amide bonds. The van der Waals surface area contributed by atoms with E-state index in [-0.39, 0.29) is 0 Å². The number of benzene rings is 2. The highest BCUT2D eigenvalue weighted by Crippen LogP contribution is 2.24. The van der Waals surface area contributed by atoms with Crippen molar-refractivity contribution in [2.75, 3.05) is 31.1 Å². The lowest BCUT2D eigenvalue weighted by Gasteiger charge is -2.34. The van der Waals surface area contributed by atoms with Gasteiger partial charge in [-0.15, -0.1) is 10.2 Å². The number of anilines is 1. The van der Waals surface area contributed by atoms with E-state index in [0.717, 1.165) is 28.2 Å². The van der Waals surface area contributed by atoms with Crippen LogP contribution in [0.15, 0.2) is 96.2 Å². The quantitative estimate of drug-likeness (QED) is 0.455. The highest BCUT2D eigenvalue weighted by Gasteiger charge is 2.29. The minimum absolute atomic E-state index is 0.317. The molecule has 1 aliphatic heterocycles. The smallest absolute Gasteiger partial charge is 0.243 e. The van der Waals surface area contributed by atoms with Crippen LogP contribution in [0.5, 0.6) is 0 Å². The highest BCUT2D eigenvalue weighted by molar-refractivity contribution is 7.89. The average Bonchev–Trinajstić information content (AvgIpc) is 2.90. The van der Waals surface area contributed by atoms with E-state index < -0.39 is 10.0 Å². The van der Waals surface area contributed by atoms with E-state index in [1.807, 2.05) is 66.7 Å². The predicted octanol–water partition coefficient (Wildman–Crippen LogP) is 3.72. The molecule has 0 spiro atoms. The molecule has 166 valence electrons. The van der Waals surface area contributed by atoms with E-state index in [9.17, 15) is 8.42 Å². The van der Waals surface area contributed by atoms with Crippen LogP contribution in [0.2, 0.25) is 0 Å². The first-order valence-electron chi connectivity index (χ1n) is 10.8. The molecule has 1 fully saturated rings. The summed E-state index contributed by atoms with van der Waals surface area (Å²) in [6, 6.07) is 24.6.